The van der Waals surface area contributed by atoms with Gasteiger partial charge in [-0.3, -0.25) is 4.79 Å². The second-order valence-electron chi connectivity index (χ2n) is 3.84. The van der Waals surface area contributed by atoms with Crippen LogP contribution in [0.1, 0.15) is 19.8 Å². The summed E-state index contributed by atoms with van der Waals surface area (Å²) in [6, 6.07) is 1.31. The lowest BCUT2D eigenvalue weighted by Gasteiger charge is -2.04. The second kappa shape index (κ2) is 8.20. The molecule has 1 aromatic rings. The number of hydrogen-bond acceptors (Lipinski definition) is 5. The molecule has 0 aliphatic heterocycles. The minimum absolute atomic E-state index is 0.102. The van der Waals surface area contributed by atoms with Crippen LogP contribution in [0.5, 0.6) is 0 Å². The highest BCUT2D eigenvalue weighted by atomic mass is 16.6. The van der Waals surface area contributed by atoms with E-state index in [9.17, 15) is 14.9 Å². The van der Waals surface area contributed by atoms with Crippen LogP contribution in [-0.4, -0.2) is 40.4 Å². The summed E-state index contributed by atoms with van der Waals surface area (Å²) in [4.78, 5) is 21.3. The minimum Gasteiger partial charge on any atom is -0.382 e. The summed E-state index contributed by atoms with van der Waals surface area (Å²) in [5.41, 5.74) is 0. The first kappa shape index (κ1) is 15.1. The Hall–Kier alpha value is -1.96. The zero-order valence-corrected chi connectivity index (χ0v) is 10.9. The predicted molar refractivity (Wildman–Crippen MR) is 67.6 cm³/mol. The molecule has 106 valence electrons. The number of rotatable bonds is 9. The molecule has 0 atom stereocenters. The molecule has 19 heavy (non-hydrogen) atoms. The Kier molecular flexibility index (Phi) is 6.51. The molecule has 0 bridgehead atoms. The van der Waals surface area contributed by atoms with Gasteiger partial charge in [-0.05, 0) is 18.3 Å². The number of nitrogens with zero attached hydrogens (tertiary/aromatic N) is 3. The molecule has 1 heterocycles. The fourth-order valence-corrected chi connectivity index (χ4v) is 1.42. The molecular weight excluding hydrogens is 252 g/mol. The number of carbonyl (C=O) groups is 1. The van der Waals surface area contributed by atoms with Gasteiger partial charge in [0.25, 0.3) is 0 Å². The zero-order valence-electron chi connectivity index (χ0n) is 10.9. The molecule has 0 fully saturated rings. The second-order valence-corrected chi connectivity index (χ2v) is 3.84. The fraction of sp³-hybridized carbons (Fsp3) is 0.636. The third-order valence-electron chi connectivity index (χ3n) is 2.37. The van der Waals surface area contributed by atoms with Gasteiger partial charge in [-0.1, -0.05) is 0 Å². The summed E-state index contributed by atoms with van der Waals surface area (Å²) in [7, 11) is 0. The van der Waals surface area contributed by atoms with Gasteiger partial charge < -0.3 is 20.2 Å². The van der Waals surface area contributed by atoms with Crippen LogP contribution < -0.4 is 5.32 Å². The summed E-state index contributed by atoms with van der Waals surface area (Å²) >= 11 is 0. The molecule has 1 N–H and O–H groups in total. The van der Waals surface area contributed by atoms with Crippen molar-refractivity contribution in [1.82, 2.24) is 15.1 Å². The first-order valence-electron chi connectivity index (χ1n) is 6.15. The Morgan fingerprint density at radius 1 is 1.63 bits per heavy atom. The van der Waals surface area contributed by atoms with Crippen molar-refractivity contribution in [2.45, 2.75) is 26.3 Å². The van der Waals surface area contributed by atoms with Gasteiger partial charge in [-0.2, -0.15) is 4.68 Å². The van der Waals surface area contributed by atoms with Crippen LogP contribution in [-0.2, 0) is 16.1 Å². The number of aryl methyl sites for hydroxylation is 1. The fourth-order valence-electron chi connectivity index (χ4n) is 1.42. The number of hydrogen-bond donors (Lipinski definition) is 1. The number of ether oxygens (including phenoxy) is 1. The predicted octanol–water partition coefficient (Wildman–Crippen LogP) is 0.724. The quantitative estimate of drug-likeness (QED) is 0.405. The molecule has 0 radical (unpaired) electrons. The number of aromatic nitrogens is 2. The summed E-state index contributed by atoms with van der Waals surface area (Å²) in [5.74, 6) is -0.313. The molecule has 0 saturated carbocycles. The lowest BCUT2D eigenvalue weighted by Crippen LogP contribution is -2.26. The minimum atomic E-state index is -0.565. The van der Waals surface area contributed by atoms with Crippen molar-refractivity contribution < 1.29 is 14.5 Å². The van der Waals surface area contributed by atoms with E-state index in [0.29, 0.717) is 26.3 Å². The van der Waals surface area contributed by atoms with Crippen molar-refractivity contribution in [2.24, 2.45) is 0 Å². The van der Waals surface area contributed by atoms with Crippen molar-refractivity contribution in [1.29, 1.82) is 0 Å². The molecule has 0 saturated heterocycles. The Morgan fingerprint density at radius 2 is 2.42 bits per heavy atom. The topological polar surface area (TPSA) is 99.3 Å². The Labute approximate surface area is 110 Å². The molecule has 8 nitrogen and oxygen atoms in total. The van der Waals surface area contributed by atoms with E-state index in [1.165, 1.54) is 16.9 Å². The maximum Gasteiger partial charge on any atom is 0.389 e. The van der Waals surface area contributed by atoms with Crippen molar-refractivity contribution in [3.8, 4) is 0 Å². The van der Waals surface area contributed by atoms with Gasteiger partial charge in [-0.15, -0.1) is 0 Å². The third-order valence-corrected chi connectivity index (χ3v) is 2.37. The molecule has 0 aromatic carbocycles. The van der Waals surface area contributed by atoms with E-state index in [1.807, 2.05) is 6.92 Å². The highest BCUT2D eigenvalue weighted by Crippen LogP contribution is 2.05. The monoisotopic (exact) mass is 270 g/mol. The van der Waals surface area contributed by atoms with Crippen LogP contribution in [0, 0.1) is 10.1 Å². The Bertz CT molecular complexity index is 419. The third kappa shape index (κ3) is 5.96. The van der Waals surface area contributed by atoms with E-state index >= 15 is 0 Å². The molecule has 0 spiro atoms. The van der Waals surface area contributed by atoms with Gasteiger partial charge in [0.15, 0.2) is 0 Å². The summed E-state index contributed by atoms with van der Waals surface area (Å²) < 4.78 is 6.53. The largest absolute Gasteiger partial charge is 0.389 e. The lowest BCUT2D eigenvalue weighted by atomic mass is 10.3. The van der Waals surface area contributed by atoms with Crippen molar-refractivity contribution in [3.05, 3.63) is 22.4 Å². The van der Waals surface area contributed by atoms with Gasteiger partial charge in [0.05, 0.1) is 23.9 Å². The standard InChI is InChI=1S/C11H18N4O4/c1-2-19-9-3-6-12-11(16)5-8-14-7-4-10(13-14)15(17)18/h4,7H,2-3,5-6,8-9H2,1H3,(H,12,16). The SMILES string of the molecule is CCOCCCNC(=O)CCn1ccc([N+](=O)[O-])n1. The summed E-state index contributed by atoms with van der Waals surface area (Å²) in [5, 5.41) is 16.9. The van der Waals surface area contributed by atoms with E-state index in [2.05, 4.69) is 10.4 Å². The molecule has 1 amide bonds. The lowest BCUT2D eigenvalue weighted by molar-refractivity contribution is -0.389. The van der Waals surface area contributed by atoms with Gasteiger partial charge >= 0.3 is 5.82 Å². The number of amides is 1. The van der Waals surface area contributed by atoms with E-state index in [0.717, 1.165) is 6.42 Å². The van der Waals surface area contributed by atoms with Crippen LogP contribution >= 0.6 is 0 Å². The zero-order chi connectivity index (χ0) is 14.1. The van der Waals surface area contributed by atoms with Crippen LogP contribution in [0.3, 0.4) is 0 Å². The number of nitro groups is 1. The van der Waals surface area contributed by atoms with Gasteiger partial charge in [0.2, 0.25) is 5.91 Å². The normalized spacial score (nSPS) is 10.4. The molecular formula is C11H18N4O4. The molecule has 1 aromatic heterocycles. The summed E-state index contributed by atoms with van der Waals surface area (Å²) in [6.07, 6.45) is 2.50. The van der Waals surface area contributed by atoms with E-state index in [-0.39, 0.29) is 18.1 Å². The average molecular weight is 270 g/mol. The first-order valence-corrected chi connectivity index (χ1v) is 6.15. The van der Waals surface area contributed by atoms with Crippen molar-refractivity contribution in [2.75, 3.05) is 19.8 Å². The smallest absolute Gasteiger partial charge is 0.382 e. The van der Waals surface area contributed by atoms with E-state index in [1.54, 1.807) is 0 Å². The van der Waals surface area contributed by atoms with Crippen LogP contribution in [0.25, 0.3) is 0 Å². The highest BCUT2D eigenvalue weighted by molar-refractivity contribution is 5.75. The van der Waals surface area contributed by atoms with Gasteiger partial charge in [0, 0.05) is 26.2 Å². The van der Waals surface area contributed by atoms with Crippen LogP contribution in [0.2, 0.25) is 0 Å². The molecule has 8 heteroatoms. The number of nitrogens with one attached hydrogen (secondary N) is 1. The molecule has 0 aliphatic carbocycles. The Morgan fingerprint density at radius 3 is 3.05 bits per heavy atom. The van der Waals surface area contributed by atoms with E-state index < -0.39 is 4.92 Å². The molecule has 0 unspecified atom stereocenters. The maximum absolute atomic E-state index is 11.5. The van der Waals surface area contributed by atoms with Crippen molar-refractivity contribution >= 4 is 11.7 Å². The van der Waals surface area contributed by atoms with E-state index in [4.69, 9.17) is 4.74 Å². The maximum atomic E-state index is 11.5. The molecule has 1 rings (SSSR count). The molecule has 0 aliphatic rings. The van der Waals surface area contributed by atoms with Crippen molar-refractivity contribution in [3.63, 3.8) is 0 Å². The average Bonchev–Trinajstić information content (AvgIpc) is 2.85. The van der Waals surface area contributed by atoms with Gasteiger partial charge in [-0.25, -0.2) is 0 Å². The summed E-state index contributed by atoms with van der Waals surface area (Å²) in [6.45, 7) is 4.11. The van der Waals surface area contributed by atoms with Crippen LogP contribution in [0.15, 0.2) is 12.3 Å². The van der Waals surface area contributed by atoms with Crippen LogP contribution in [0.4, 0.5) is 5.82 Å². The number of carbonyl (C=O) groups excluding carboxylic acids is 1. The highest BCUT2D eigenvalue weighted by Gasteiger charge is 2.11. The Balaban J connectivity index is 2.17. The first-order chi connectivity index (χ1) is 9.13. The van der Waals surface area contributed by atoms with Gasteiger partial charge in [0.1, 0.15) is 0 Å².